The standard InChI is InChI=1S/C21H29NO/c1-3-6-18(4-2)13-15-22(17-20-7-5-8-20)16-14-19-9-11-21(23)12-10-19/h3-4,6,9-12,20,23H,1-2,5,7-8,13-17H2/b18-6+. The Morgan fingerprint density at radius 2 is 1.91 bits per heavy atom. The lowest BCUT2D eigenvalue weighted by Gasteiger charge is -2.32. The van der Waals surface area contributed by atoms with Crippen LogP contribution in [0.25, 0.3) is 0 Å². The Labute approximate surface area is 140 Å². The molecule has 23 heavy (non-hydrogen) atoms. The Kier molecular flexibility index (Phi) is 7.15. The van der Waals surface area contributed by atoms with E-state index >= 15 is 0 Å². The predicted octanol–water partition coefficient (Wildman–Crippen LogP) is 4.73. The van der Waals surface area contributed by atoms with Crippen LogP contribution in [0.4, 0.5) is 0 Å². The number of aromatic hydroxyl groups is 1. The van der Waals surface area contributed by atoms with Crippen LogP contribution in [0.3, 0.4) is 0 Å². The van der Waals surface area contributed by atoms with Crippen LogP contribution in [0.5, 0.6) is 5.75 Å². The largest absolute Gasteiger partial charge is 0.508 e. The highest BCUT2D eigenvalue weighted by atomic mass is 16.3. The van der Waals surface area contributed by atoms with E-state index in [-0.39, 0.29) is 0 Å². The van der Waals surface area contributed by atoms with Crippen molar-refractivity contribution in [3.05, 3.63) is 66.8 Å². The maximum absolute atomic E-state index is 9.38. The van der Waals surface area contributed by atoms with E-state index in [0.29, 0.717) is 5.75 Å². The van der Waals surface area contributed by atoms with Crippen LogP contribution < -0.4 is 0 Å². The second-order valence-electron chi connectivity index (χ2n) is 6.45. The minimum absolute atomic E-state index is 0.338. The molecular formula is C21H29NO. The van der Waals surface area contributed by atoms with Crippen LogP contribution >= 0.6 is 0 Å². The molecule has 1 fully saturated rings. The van der Waals surface area contributed by atoms with Crippen molar-refractivity contribution < 1.29 is 5.11 Å². The molecule has 124 valence electrons. The molecule has 0 aromatic heterocycles. The summed E-state index contributed by atoms with van der Waals surface area (Å²) in [5, 5.41) is 9.38. The number of nitrogens with zero attached hydrogens (tertiary/aromatic N) is 1. The average Bonchev–Trinajstić information content (AvgIpc) is 2.52. The highest BCUT2D eigenvalue weighted by Crippen LogP contribution is 2.27. The fraction of sp³-hybridized carbons (Fsp3) is 0.429. The SMILES string of the molecule is C=C/C=C(\C=C)CCN(CCc1ccc(O)cc1)CC1CCC1. The lowest BCUT2D eigenvalue weighted by atomic mass is 9.85. The van der Waals surface area contributed by atoms with Gasteiger partial charge >= 0.3 is 0 Å². The zero-order chi connectivity index (χ0) is 16.5. The molecule has 2 nitrogen and oxygen atoms in total. The third kappa shape index (κ3) is 6.07. The van der Waals surface area contributed by atoms with Crippen LogP contribution in [0.15, 0.2) is 61.2 Å². The number of hydrogen-bond donors (Lipinski definition) is 1. The Morgan fingerprint density at radius 1 is 1.17 bits per heavy atom. The predicted molar refractivity (Wildman–Crippen MR) is 98.7 cm³/mol. The molecule has 1 aromatic rings. The molecule has 0 aliphatic heterocycles. The Hall–Kier alpha value is -1.80. The van der Waals surface area contributed by atoms with Gasteiger partial charge < -0.3 is 10.0 Å². The van der Waals surface area contributed by atoms with Gasteiger partial charge in [0.2, 0.25) is 0 Å². The molecule has 2 rings (SSSR count). The number of hydrogen-bond acceptors (Lipinski definition) is 2. The molecule has 1 saturated carbocycles. The topological polar surface area (TPSA) is 23.5 Å². The molecule has 0 amide bonds. The summed E-state index contributed by atoms with van der Waals surface area (Å²) < 4.78 is 0. The van der Waals surface area contributed by atoms with E-state index in [1.807, 2.05) is 24.3 Å². The molecule has 0 radical (unpaired) electrons. The average molecular weight is 311 g/mol. The zero-order valence-electron chi connectivity index (χ0n) is 14.1. The summed E-state index contributed by atoms with van der Waals surface area (Å²) in [6, 6.07) is 7.58. The van der Waals surface area contributed by atoms with E-state index in [4.69, 9.17) is 0 Å². The quantitative estimate of drug-likeness (QED) is 0.632. The second-order valence-corrected chi connectivity index (χ2v) is 6.45. The number of allylic oxidation sites excluding steroid dienone is 3. The van der Waals surface area contributed by atoms with Crippen LogP contribution in [0.2, 0.25) is 0 Å². The van der Waals surface area contributed by atoms with E-state index in [2.05, 4.69) is 24.1 Å². The Bertz CT molecular complexity index is 525. The molecule has 0 bridgehead atoms. The summed E-state index contributed by atoms with van der Waals surface area (Å²) in [6.07, 6.45) is 12.0. The maximum atomic E-state index is 9.38. The molecule has 2 heteroatoms. The molecule has 0 spiro atoms. The van der Waals surface area contributed by atoms with E-state index < -0.39 is 0 Å². The van der Waals surface area contributed by atoms with Crippen molar-refractivity contribution in [2.75, 3.05) is 19.6 Å². The van der Waals surface area contributed by atoms with Gasteiger partial charge in [-0.2, -0.15) is 0 Å². The fourth-order valence-electron chi connectivity index (χ4n) is 2.98. The number of rotatable bonds is 10. The number of phenolic OH excluding ortho intramolecular Hbond substituents is 1. The van der Waals surface area contributed by atoms with E-state index in [1.165, 1.54) is 36.9 Å². The first kappa shape index (κ1) is 17.6. The van der Waals surface area contributed by atoms with Crippen LogP contribution in [-0.4, -0.2) is 29.6 Å². The zero-order valence-corrected chi connectivity index (χ0v) is 14.1. The minimum Gasteiger partial charge on any atom is -0.508 e. The van der Waals surface area contributed by atoms with Crippen LogP contribution in [-0.2, 0) is 6.42 Å². The molecule has 1 aliphatic carbocycles. The highest BCUT2D eigenvalue weighted by Gasteiger charge is 2.20. The van der Waals surface area contributed by atoms with Gasteiger partial charge in [-0.05, 0) is 54.9 Å². The summed E-state index contributed by atoms with van der Waals surface area (Å²) in [7, 11) is 0. The molecule has 1 aliphatic rings. The highest BCUT2D eigenvalue weighted by molar-refractivity contribution is 5.26. The monoisotopic (exact) mass is 311 g/mol. The van der Waals surface area contributed by atoms with Gasteiger partial charge in [-0.1, -0.05) is 49.9 Å². The molecular weight excluding hydrogens is 282 g/mol. The van der Waals surface area contributed by atoms with Crippen molar-refractivity contribution in [3.63, 3.8) is 0 Å². The normalized spacial score (nSPS) is 15.4. The third-order valence-corrected chi connectivity index (χ3v) is 4.71. The molecule has 1 N–H and O–H groups in total. The molecule has 0 heterocycles. The van der Waals surface area contributed by atoms with Gasteiger partial charge in [0.05, 0.1) is 0 Å². The fourth-order valence-corrected chi connectivity index (χ4v) is 2.98. The van der Waals surface area contributed by atoms with Gasteiger partial charge in [0.15, 0.2) is 0 Å². The van der Waals surface area contributed by atoms with Gasteiger partial charge in [0.25, 0.3) is 0 Å². The van der Waals surface area contributed by atoms with Crippen molar-refractivity contribution in [1.82, 2.24) is 4.90 Å². The smallest absolute Gasteiger partial charge is 0.115 e. The number of phenols is 1. The lowest BCUT2D eigenvalue weighted by Crippen LogP contribution is -2.35. The van der Waals surface area contributed by atoms with Crippen molar-refractivity contribution in [1.29, 1.82) is 0 Å². The second kappa shape index (κ2) is 9.36. The lowest BCUT2D eigenvalue weighted by molar-refractivity contribution is 0.180. The van der Waals surface area contributed by atoms with Crippen LogP contribution in [0.1, 0.15) is 31.2 Å². The number of benzene rings is 1. The maximum Gasteiger partial charge on any atom is 0.115 e. The van der Waals surface area contributed by atoms with Gasteiger partial charge in [0.1, 0.15) is 5.75 Å². The summed E-state index contributed by atoms with van der Waals surface area (Å²) >= 11 is 0. The van der Waals surface area contributed by atoms with Gasteiger partial charge in [-0.3, -0.25) is 0 Å². The summed E-state index contributed by atoms with van der Waals surface area (Å²) in [6.45, 7) is 11.0. The summed E-state index contributed by atoms with van der Waals surface area (Å²) in [5.41, 5.74) is 2.54. The Morgan fingerprint density at radius 3 is 2.48 bits per heavy atom. The van der Waals surface area contributed by atoms with Crippen molar-refractivity contribution in [3.8, 4) is 5.75 Å². The van der Waals surface area contributed by atoms with Gasteiger partial charge in [-0.15, -0.1) is 0 Å². The van der Waals surface area contributed by atoms with Crippen LogP contribution in [0, 0.1) is 5.92 Å². The van der Waals surface area contributed by atoms with E-state index in [9.17, 15) is 5.11 Å². The first-order chi connectivity index (χ1) is 11.2. The first-order valence-electron chi connectivity index (χ1n) is 8.65. The molecule has 0 atom stereocenters. The summed E-state index contributed by atoms with van der Waals surface area (Å²) in [5.74, 6) is 1.22. The molecule has 0 saturated heterocycles. The van der Waals surface area contributed by atoms with Crippen molar-refractivity contribution >= 4 is 0 Å². The van der Waals surface area contributed by atoms with E-state index in [1.54, 1.807) is 12.1 Å². The summed E-state index contributed by atoms with van der Waals surface area (Å²) in [4.78, 5) is 2.58. The van der Waals surface area contributed by atoms with Gasteiger partial charge in [0, 0.05) is 19.6 Å². The molecule has 1 aromatic carbocycles. The van der Waals surface area contributed by atoms with Crippen molar-refractivity contribution in [2.45, 2.75) is 32.1 Å². The minimum atomic E-state index is 0.338. The molecule has 0 unspecified atom stereocenters. The van der Waals surface area contributed by atoms with Crippen molar-refractivity contribution in [2.24, 2.45) is 5.92 Å². The first-order valence-corrected chi connectivity index (χ1v) is 8.65. The Balaban J connectivity index is 1.87. The van der Waals surface area contributed by atoms with E-state index in [0.717, 1.165) is 31.8 Å². The van der Waals surface area contributed by atoms with Gasteiger partial charge in [-0.25, -0.2) is 0 Å². The third-order valence-electron chi connectivity index (χ3n) is 4.71.